The van der Waals surface area contributed by atoms with Gasteiger partial charge in [0.15, 0.2) is 11.0 Å². The molecular weight excluding hydrogens is 388 g/mol. The third kappa shape index (κ3) is 5.20. The zero-order chi connectivity index (χ0) is 20.8. The second-order valence-corrected chi connectivity index (χ2v) is 7.86. The summed E-state index contributed by atoms with van der Waals surface area (Å²) in [7, 11) is 0. The number of nitrogens with one attached hydrogen (secondary N) is 1. The number of urea groups is 1. The molecule has 2 heterocycles. The molecule has 0 spiro atoms. The zero-order valence-corrected chi connectivity index (χ0v) is 17.0. The predicted octanol–water partition coefficient (Wildman–Crippen LogP) is 2.70. The van der Waals surface area contributed by atoms with E-state index in [1.165, 1.54) is 11.8 Å². The third-order valence-corrected chi connectivity index (χ3v) is 5.69. The van der Waals surface area contributed by atoms with Crippen LogP contribution in [-0.2, 0) is 11.3 Å². The van der Waals surface area contributed by atoms with Crippen LogP contribution in [0.3, 0.4) is 0 Å². The molecule has 0 fully saturated rings. The Kier molecular flexibility index (Phi) is 6.61. The molecule has 3 amide bonds. The molecule has 0 bridgehead atoms. The van der Waals surface area contributed by atoms with Gasteiger partial charge >= 0.3 is 6.03 Å². The fourth-order valence-electron chi connectivity index (χ4n) is 2.79. The minimum atomic E-state index is -0.872. The smallest absolute Gasteiger partial charge is 0.318 e. The fourth-order valence-corrected chi connectivity index (χ4v) is 3.82. The minimum Gasteiger partial charge on any atom is -0.351 e. The van der Waals surface area contributed by atoms with Gasteiger partial charge < -0.3 is 5.73 Å². The highest BCUT2D eigenvalue weighted by molar-refractivity contribution is 8.00. The van der Waals surface area contributed by atoms with E-state index in [9.17, 15) is 9.59 Å². The van der Waals surface area contributed by atoms with E-state index in [1.54, 1.807) is 12.4 Å². The standard InChI is InChI=1S/C20H22N6O2S/c1-13(2)16(18(27)23-19(21)28)29-20-25-24-17(15-9-6-10-22-11-15)26(20)12-14-7-4-3-5-8-14/h3-11,13,16H,12H2,1-2H3,(H3,21,23,27,28). The maximum absolute atomic E-state index is 12.4. The molecule has 0 radical (unpaired) electrons. The van der Waals surface area contributed by atoms with E-state index >= 15 is 0 Å². The monoisotopic (exact) mass is 410 g/mol. The number of amides is 3. The summed E-state index contributed by atoms with van der Waals surface area (Å²) in [6.07, 6.45) is 3.42. The Bertz CT molecular complexity index is 975. The highest BCUT2D eigenvalue weighted by Crippen LogP contribution is 2.30. The van der Waals surface area contributed by atoms with Crippen LogP contribution in [0.25, 0.3) is 11.4 Å². The summed E-state index contributed by atoms with van der Waals surface area (Å²) in [6, 6.07) is 12.8. The van der Waals surface area contributed by atoms with Crippen LogP contribution in [0.15, 0.2) is 60.0 Å². The van der Waals surface area contributed by atoms with Gasteiger partial charge in [0.25, 0.3) is 0 Å². The van der Waals surface area contributed by atoms with Crippen LogP contribution in [-0.4, -0.2) is 36.9 Å². The van der Waals surface area contributed by atoms with Crippen LogP contribution in [0, 0.1) is 5.92 Å². The minimum absolute atomic E-state index is 0.0527. The summed E-state index contributed by atoms with van der Waals surface area (Å²) in [5.74, 6) is 0.153. The number of thioether (sulfide) groups is 1. The molecule has 3 aromatic rings. The maximum Gasteiger partial charge on any atom is 0.318 e. The van der Waals surface area contributed by atoms with Crippen LogP contribution in [0.2, 0.25) is 0 Å². The number of rotatable bonds is 7. The molecule has 8 nitrogen and oxygen atoms in total. The Labute approximate surface area is 172 Å². The average Bonchev–Trinajstić information content (AvgIpc) is 3.09. The molecule has 0 saturated carbocycles. The van der Waals surface area contributed by atoms with Gasteiger partial charge in [-0.3, -0.25) is 19.7 Å². The van der Waals surface area contributed by atoms with Crippen molar-refractivity contribution < 1.29 is 9.59 Å². The van der Waals surface area contributed by atoms with Crippen molar-refractivity contribution in [2.45, 2.75) is 30.8 Å². The molecule has 0 aliphatic rings. The lowest BCUT2D eigenvalue weighted by Crippen LogP contribution is -2.42. The van der Waals surface area contributed by atoms with Crippen LogP contribution >= 0.6 is 11.8 Å². The van der Waals surface area contributed by atoms with Crippen LogP contribution in [0.4, 0.5) is 4.79 Å². The molecule has 0 aliphatic carbocycles. The van der Waals surface area contributed by atoms with Crippen LogP contribution in [0.1, 0.15) is 19.4 Å². The molecule has 150 valence electrons. The van der Waals surface area contributed by atoms with Gasteiger partial charge in [-0.1, -0.05) is 55.9 Å². The van der Waals surface area contributed by atoms with E-state index in [2.05, 4.69) is 20.5 Å². The molecular formula is C20H22N6O2S. The Morgan fingerprint density at radius 3 is 2.52 bits per heavy atom. The SMILES string of the molecule is CC(C)C(Sc1nnc(-c2cccnc2)n1Cc1ccccc1)C(=O)NC(N)=O. The van der Waals surface area contributed by atoms with E-state index < -0.39 is 17.2 Å². The molecule has 0 saturated heterocycles. The molecule has 3 N–H and O–H groups in total. The van der Waals surface area contributed by atoms with Gasteiger partial charge in [0.05, 0.1) is 11.8 Å². The van der Waals surface area contributed by atoms with Gasteiger partial charge in [-0.2, -0.15) is 0 Å². The summed E-state index contributed by atoms with van der Waals surface area (Å²) in [5, 5.41) is 10.9. The number of carbonyl (C=O) groups is 2. The Morgan fingerprint density at radius 2 is 1.90 bits per heavy atom. The van der Waals surface area contributed by atoms with E-state index in [4.69, 9.17) is 5.73 Å². The first-order valence-corrected chi connectivity index (χ1v) is 9.98. The second kappa shape index (κ2) is 9.33. The first-order chi connectivity index (χ1) is 14.0. The van der Waals surface area contributed by atoms with Crippen molar-refractivity contribution in [1.29, 1.82) is 0 Å². The molecule has 29 heavy (non-hydrogen) atoms. The number of nitrogens with zero attached hydrogens (tertiary/aromatic N) is 4. The van der Waals surface area contributed by atoms with E-state index in [0.717, 1.165) is 11.1 Å². The van der Waals surface area contributed by atoms with Crippen molar-refractivity contribution in [2.24, 2.45) is 11.7 Å². The quantitative estimate of drug-likeness (QED) is 0.579. The Morgan fingerprint density at radius 1 is 1.14 bits per heavy atom. The van der Waals surface area contributed by atoms with Crippen molar-refractivity contribution in [3.63, 3.8) is 0 Å². The number of nitrogens with two attached hydrogens (primary N) is 1. The largest absolute Gasteiger partial charge is 0.351 e. The maximum atomic E-state index is 12.4. The number of aromatic nitrogens is 4. The average molecular weight is 411 g/mol. The van der Waals surface area contributed by atoms with Gasteiger partial charge in [0.2, 0.25) is 5.91 Å². The van der Waals surface area contributed by atoms with Crippen LogP contribution < -0.4 is 11.1 Å². The third-order valence-electron chi connectivity index (χ3n) is 4.16. The van der Waals surface area contributed by atoms with Crippen molar-refractivity contribution in [1.82, 2.24) is 25.1 Å². The van der Waals surface area contributed by atoms with Crippen LogP contribution in [0.5, 0.6) is 0 Å². The van der Waals surface area contributed by atoms with Crippen molar-refractivity contribution >= 4 is 23.7 Å². The normalized spacial score (nSPS) is 12.0. The van der Waals surface area contributed by atoms with Crippen molar-refractivity contribution in [3.05, 3.63) is 60.4 Å². The van der Waals surface area contributed by atoms with E-state index in [-0.39, 0.29) is 5.92 Å². The fraction of sp³-hybridized carbons (Fsp3) is 0.250. The highest BCUT2D eigenvalue weighted by Gasteiger charge is 2.28. The summed E-state index contributed by atoms with van der Waals surface area (Å²) < 4.78 is 1.95. The number of benzene rings is 1. The second-order valence-electron chi connectivity index (χ2n) is 6.76. The number of hydrogen-bond donors (Lipinski definition) is 2. The van der Waals surface area contributed by atoms with Gasteiger partial charge in [-0.15, -0.1) is 10.2 Å². The highest BCUT2D eigenvalue weighted by atomic mass is 32.2. The summed E-state index contributed by atoms with van der Waals surface area (Å²) in [4.78, 5) is 27.7. The van der Waals surface area contributed by atoms with E-state index in [0.29, 0.717) is 17.5 Å². The first kappa shape index (κ1) is 20.5. The molecule has 0 aliphatic heterocycles. The van der Waals surface area contributed by atoms with Gasteiger partial charge in [0.1, 0.15) is 0 Å². The Balaban J connectivity index is 1.98. The predicted molar refractivity (Wildman–Crippen MR) is 111 cm³/mol. The number of primary amides is 1. The topological polar surface area (TPSA) is 116 Å². The number of imide groups is 1. The van der Waals surface area contributed by atoms with Gasteiger partial charge in [-0.05, 0) is 23.6 Å². The van der Waals surface area contributed by atoms with Crippen molar-refractivity contribution in [3.8, 4) is 11.4 Å². The lowest BCUT2D eigenvalue weighted by atomic mass is 10.1. The van der Waals surface area contributed by atoms with Gasteiger partial charge in [-0.25, -0.2) is 4.79 Å². The summed E-state index contributed by atoms with van der Waals surface area (Å²) >= 11 is 1.26. The van der Waals surface area contributed by atoms with Crippen molar-refractivity contribution in [2.75, 3.05) is 0 Å². The molecule has 1 atom stereocenters. The lowest BCUT2D eigenvalue weighted by molar-refractivity contribution is -0.120. The summed E-state index contributed by atoms with van der Waals surface area (Å²) in [5.41, 5.74) is 7.01. The molecule has 2 aromatic heterocycles. The first-order valence-electron chi connectivity index (χ1n) is 9.10. The number of pyridine rings is 1. The molecule has 1 aromatic carbocycles. The van der Waals surface area contributed by atoms with Gasteiger partial charge in [0, 0.05) is 18.0 Å². The molecule has 3 rings (SSSR count). The van der Waals surface area contributed by atoms with E-state index in [1.807, 2.05) is 60.9 Å². The number of hydrogen-bond acceptors (Lipinski definition) is 6. The zero-order valence-electron chi connectivity index (χ0n) is 16.1. The lowest BCUT2D eigenvalue weighted by Gasteiger charge is -2.19. The summed E-state index contributed by atoms with van der Waals surface area (Å²) in [6.45, 7) is 4.33. The Hall–Kier alpha value is -3.20. The molecule has 9 heteroatoms. The number of carbonyl (C=O) groups excluding carboxylic acids is 2. The molecule has 1 unspecified atom stereocenters.